The SMILES string of the molecule is COc1cc2cc(CNC(=O)OC(C)(C)C)n(S(=O)(=O)c3ccc(C)cc3)c2cc1Br. The second-order valence-corrected chi connectivity index (χ2v) is 10.8. The number of methoxy groups -OCH3 is 1. The molecule has 1 heterocycles. The fraction of sp³-hybridized carbons (Fsp3) is 0.318. The van der Waals surface area contributed by atoms with Crippen molar-refractivity contribution >= 4 is 42.9 Å². The Morgan fingerprint density at radius 3 is 2.35 bits per heavy atom. The molecule has 1 amide bonds. The number of fused-ring (bicyclic) bond motifs is 1. The number of nitrogens with one attached hydrogen (secondary N) is 1. The van der Waals surface area contributed by atoms with Gasteiger partial charge in [-0.1, -0.05) is 17.7 Å². The van der Waals surface area contributed by atoms with E-state index in [2.05, 4.69) is 21.2 Å². The van der Waals surface area contributed by atoms with Crippen LogP contribution in [0, 0.1) is 6.92 Å². The third kappa shape index (κ3) is 5.04. The molecule has 0 bridgehead atoms. The number of aryl methyl sites for hydroxylation is 1. The molecule has 0 aliphatic heterocycles. The Morgan fingerprint density at radius 2 is 1.77 bits per heavy atom. The Kier molecular flexibility index (Phi) is 6.38. The predicted octanol–water partition coefficient (Wildman–Crippen LogP) is 4.98. The summed E-state index contributed by atoms with van der Waals surface area (Å²) in [5.41, 5.74) is 1.15. The molecule has 0 aliphatic rings. The molecule has 0 radical (unpaired) electrons. The van der Waals surface area contributed by atoms with Crippen LogP contribution in [0.4, 0.5) is 4.79 Å². The lowest BCUT2D eigenvalue weighted by molar-refractivity contribution is 0.0522. The van der Waals surface area contributed by atoms with Gasteiger partial charge in [0.05, 0.1) is 34.2 Å². The van der Waals surface area contributed by atoms with E-state index >= 15 is 0 Å². The highest BCUT2D eigenvalue weighted by Crippen LogP contribution is 2.34. The van der Waals surface area contributed by atoms with Crippen LogP contribution in [0.1, 0.15) is 32.0 Å². The molecule has 0 fully saturated rings. The van der Waals surface area contributed by atoms with Crippen LogP contribution in [-0.2, 0) is 21.3 Å². The highest BCUT2D eigenvalue weighted by molar-refractivity contribution is 9.10. The van der Waals surface area contributed by atoms with Crippen molar-refractivity contribution < 1.29 is 22.7 Å². The molecule has 9 heteroatoms. The average Bonchev–Trinajstić information content (AvgIpc) is 3.02. The molecule has 1 N–H and O–H groups in total. The molecular formula is C22H25BrN2O5S. The third-order valence-electron chi connectivity index (χ3n) is 4.47. The normalized spacial score (nSPS) is 12.1. The van der Waals surface area contributed by atoms with E-state index in [9.17, 15) is 13.2 Å². The van der Waals surface area contributed by atoms with Crippen molar-refractivity contribution in [3.05, 3.63) is 58.2 Å². The molecule has 3 rings (SSSR count). The molecule has 0 atom stereocenters. The lowest BCUT2D eigenvalue weighted by atomic mass is 10.2. The van der Waals surface area contributed by atoms with Gasteiger partial charge in [-0.25, -0.2) is 17.2 Å². The van der Waals surface area contributed by atoms with Gasteiger partial charge in [-0.2, -0.15) is 0 Å². The monoisotopic (exact) mass is 508 g/mol. The molecular weight excluding hydrogens is 484 g/mol. The highest BCUT2D eigenvalue weighted by atomic mass is 79.9. The molecule has 31 heavy (non-hydrogen) atoms. The van der Waals surface area contributed by atoms with E-state index in [-0.39, 0.29) is 11.4 Å². The summed E-state index contributed by atoms with van der Waals surface area (Å²) in [6, 6.07) is 11.8. The van der Waals surface area contributed by atoms with E-state index in [0.717, 1.165) is 5.56 Å². The van der Waals surface area contributed by atoms with Gasteiger partial charge in [-0.05, 0) is 74.0 Å². The van der Waals surface area contributed by atoms with Crippen molar-refractivity contribution in [2.75, 3.05) is 7.11 Å². The predicted molar refractivity (Wildman–Crippen MR) is 123 cm³/mol. The summed E-state index contributed by atoms with van der Waals surface area (Å²) in [4.78, 5) is 12.3. The lowest BCUT2D eigenvalue weighted by Gasteiger charge is -2.20. The zero-order valence-electron chi connectivity index (χ0n) is 18.0. The zero-order valence-corrected chi connectivity index (χ0v) is 20.4. The van der Waals surface area contributed by atoms with E-state index in [1.807, 2.05) is 6.92 Å². The quantitative estimate of drug-likeness (QED) is 0.524. The minimum Gasteiger partial charge on any atom is -0.496 e. The second-order valence-electron chi connectivity index (χ2n) is 8.12. The van der Waals surface area contributed by atoms with Crippen molar-refractivity contribution in [1.82, 2.24) is 9.29 Å². The number of hydrogen-bond acceptors (Lipinski definition) is 5. The van der Waals surface area contributed by atoms with Gasteiger partial charge >= 0.3 is 6.09 Å². The molecule has 7 nitrogen and oxygen atoms in total. The number of halogens is 1. The summed E-state index contributed by atoms with van der Waals surface area (Å²) in [5.74, 6) is 0.573. The number of hydrogen-bond donors (Lipinski definition) is 1. The van der Waals surface area contributed by atoms with Crippen LogP contribution in [0.2, 0.25) is 0 Å². The number of aromatic nitrogens is 1. The van der Waals surface area contributed by atoms with E-state index < -0.39 is 21.7 Å². The number of ether oxygens (including phenoxy) is 2. The molecule has 0 unspecified atom stereocenters. The van der Waals surface area contributed by atoms with Crippen molar-refractivity contribution in [2.45, 2.75) is 44.7 Å². The topological polar surface area (TPSA) is 86.6 Å². The molecule has 3 aromatic rings. The molecule has 1 aromatic heterocycles. The number of benzene rings is 2. The van der Waals surface area contributed by atoms with Gasteiger partial charge in [0.2, 0.25) is 0 Å². The van der Waals surface area contributed by atoms with Crippen molar-refractivity contribution in [3.8, 4) is 5.75 Å². The number of amides is 1. The average molecular weight is 509 g/mol. The number of rotatable bonds is 5. The first kappa shape index (κ1) is 23.1. The molecule has 0 saturated heterocycles. The molecule has 0 spiro atoms. The second kappa shape index (κ2) is 8.55. The maximum Gasteiger partial charge on any atom is 0.407 e. The van der Waals surface area contributed by atoms with Crippen molar-refractivity contribution in [3.63, 3.8) is 0 Å². The van der Waals surface area contributed by atoms with Crippen LogP contribution in [-0.4, -0.2) is 31.2 Å². The van der Waals surface area contributed by atoms with Crippen LogP contribution in [0.5, 0.6) is 5.75 Å². The van der Waals surface area contributed by atoms with E-state index in [1.165, 1.54) is 11.1 Å². The van der Waals surface area contributed by atoms with E-state index in [4.69, 9.17) is 9.47 Å². The first-order valence-corrected chi connectivity index (χ1v) is 11.8. The maximum atomic E-state index is 13.6. The first-order valence-electron chi connectivity index (χ1n) is 9.59. The summed E-state index contributed by atoms with van der Waals surface area (Å²) in [6.07, 6.45) is -0.629. The largest absolute Gasteiger partial charge is 0.496 e. The standard InChI is InChI=1S/C22H25BrN2O5S/c1-14-6-8-17(9-7-14)31(27,28)25-16(13-24-21(26)30-22(2,3)4)10-15-11-20(29-5)18(23)12-19(15)25/h6-12H,13H2,1-5H3,(H,24,26). The Bertz CT molecular complexity index is 1230. The molecule has 0 saturated carbocycles. The first-order chi connectivity index (χ1) is 14.4. The summed E-state index contributed by atoms with van der Waals surface area (Å²) in [7, 11) is -2.39. The van der Waals surface area contributed by atoms with Gasteiger partial charge in [-0.15, -0.1) is 0 Å². The fourth-order valence-electron chi connectivity index (χ4n) is 3.10. The highest BCUT2D eigenvalue weighted by Gasteiger charge is 2.25. The number of alkyl carbamates (subject to hydrolysis) is 1. The number of carbonyl (C=O) groups excluding carboxylic acids is 1. The summed E-state index contributed by atoms with van der Waals surface area (Å²) < 4.78 is 39.6. The van der Waals surface area contributed by atoms with Gasteiger partial charge in [0, 0.05) is 5.39 Å². The Hall–Kier alpha value is -2.52. The number of nitrogens with zero attached hydrogens (tertiary/aromatic N) is 1. The Labute approximate surface area is 190 Å². The summed E-state index contributed by atoms with van der Waals surface area (Å²) in [5, 5.41) is 3.31. The van der Waals surface area contributed by atoms with Gasteiger partial charge in [0.1, 0.15) is 11.4 Å². The number of carbonyl (C=O) groups is 1. The molecule has 2 aromatic carbocycles. The fourth-order valence-corrected chi connectivity index (χ4v) is 5.13. The van der Waals surface area contributed by atoms with Crippen LogP contribution in [0.3, 0.4) is 0 Å². The van der Waals surface area contributed by atoms with Gasteiger partial charge in [0.15, 0.2) is 0 Å². The molecule has 0 aliphatic carbocycles. The van der Waals surface area contributed by atoms with Crippen LogP contribution >= 0.6 is 15.9 Å². The third-order valence-corrected chi connectivity index (χ3v) is 6.87. The van der Waals surface area contributed by atoms with Gasteiger partial charge < -0.3 is 14.8 Å². The van der Waals surface area contributed by atoms with Crippen molar-refractivity contribution in [2.24, 2.45) is 0 Å². The van der Waals surface area contributed by atoms with E-state index in [1.54, 1.807) is 63.2 Å². The van der Waals surface area contributed by atoms with E-state index in [0.29, 0.717) is 26.8 Å². The zero-order chi connectivity index (χ0) is 23.0. The summed E-state index contributed by atoms with van der Waals surface area (Å²) in [6.45, 7) is 7.13. The van der Waals surface area contributed by atoms with Crippen molar-refractivity contribution in [1.29, 1.82) is 0 Å². The lowest BCUT2D eigenvalue weighted by Crippen LogP contribution is -2.33. The Morgan fingerprint density at radius 1 is 1.13 bits per heavy atom. The van der Waals surface area contributed by atoms with Gasteiger partial charge in [-0.3, -0.25) is 0 Å². The van der Waals surface area contributed by atoms with Gasteiger partial charge in [0.25, 0.3) is 10.0 Å². The molecule has 166 valence electrons. The minimum atomic E-state index is -3.93. The van der Waals surface area contributed by atoms with Crippen LogP contribution in [0.25, 0.3) is 10.9 Å². The van der Waals surface area contributed by atoms with Crippen LogP contribution < -0.4 is 10.1 Å². The summed E-state index contributed by atoms with van der Waals surface area (Å²) >= 11 is 3.43. The maximum absolute atomic E-state index is 13.6. The van der Waals surface area contributed by atoms with Crippen LogP contribution in [0.15, 0.2) is 51.8 Å². The smallest absolute Gasteiger partial charge is 0.407 e. The Balaban J connectivity index is 2.12. The minimum absolute atomic E-state index is 0.0331.